The number of nitrogens with zero attached hydrogens (tertiary/aromatic N) is 4. The summed E-state index contributed by atoms with van der Waals surface area (Å²) in [7, 11) is 0. The van der Waals surface area contributed by atoms with Crippen molar-refractivity contribution in [3.8, 4) is 5.69 Å². The summed E-state index contributed by atoms with van der Waals surface area (Å²) in [5.41, 5.74) is 3.52. The standard InChI is InChI=1S/C24H19N5O2S/c30-29(31)19-11-6-10-18(16-19)27-15-7-13-21(27)23-22(20-12-4-5-14-25-20)26-24(32)28(23)17-8-2-1-3-9-17/h1-16,22-23H,(H,26,32)/t22-,23-/m0/s1. The van der Waals surface area contributed by atoms with Gasteiger partial charge in [-0.05, 0) is 54.7 Å². The molecule has 1 aliphatic heterocycles. The van der Waals surface area contributed by atoms with E-state index in [1.165, 1.54) is 6.07 Å². The first-order valence-electron chi connectivity index (χ1n) is 10.1. The number of thiocarbonyl (C=S) groups is 1. The minimum absolute atomic E-state index is 0.0448. The summed E-state index contributed by atoms with van der Waals surface area (Å²) in [5, 5.41) is 15.4. The molecule has 1 fully saturated rings. The molecule has 2 aromatic heterocycles. The Hall–Kier alpha value is -4.04. The van der Waals surface area contributed by atoms with Gasteiger partial charge >= 0.3 is 0 Å². The Labute approximate surface area is 190 Å². The number of benzene rings is 2. The molecule has 0 spiro atoms. The highest BCUT2D eigenvalue weighted by atomic mass is 32.1. The van der Waals surface area contributed by atoms with Gasteiger partial charge < -0.3 is 14.8 Å². The molecular formula is C24H19N5O2S. The molecule has 0 radical (unpaired) electrons. The SMILES string of the molecule is O=[N+]([O-])c1cccc(-n2cccc2[C@H]2[C@H](c3ccccn3)NC(=S)N2c2ccccc2)c1. The van der Waals surface area contributed by atoms with Crippen LogP contribution in [0, 0.1) is 10.1 Å². The molecule has 2 aromatic carbocycles. The number of anilines is 1. The second kappa shape index (κ2) is 8.24. The van der Waals surface area contributed by atoms with Crippen molar-refractivity contribution < 1.29 is 4.92 Å². The first kappa shape index (κ1) is 19.9. The van der Waals surface area contributed by atoms with E-state index in [1.807, 2.05) is 77.5 Å². The van der Waals surface area contributed by atoms with Crippen molar-refractivity contribution >= 4 is 28.7 Å². The molecule has 5 rings (SSSR count). The van der Waals surface area contributed by atoms with E-state index in [2.05, 4.69) is 15.2 Å². The number of nitro groups is 1. The largest absolute Gasteiger partial charge is 0.351 e. The zero-order valence-electron chi connectivity index (χ0n) is 16.9. The summed E-state index contributed by atoms with van der Waals surface area (Å²) in [6, 6.07) is 25.9. The number of hydrogen-bond donors (Lipinski definition) is 1. The van der Waals surface area contributed by atoms with E-state index in [0.29, 0.717) is 10.8 Å². The first-order chi connectivity index (χ1) is 15.6. The van der Waals surface area contributed by atoms with Crippen LogP contribution in [-0.4, -0.2) is 19.6 Å². The van der Waals surface area contributed by atoms with E-state index in [9.17, 15) is 10.1 Å². The maximum absolute atomic E-state index is 11.3. The fourth-order valence-corrected chi connectivity index (χ4v) is 4.49. The van der Waals surface area contributed by atoms with Crippen molar-refractivity contribution in [1.82, 2.24) is 14.9 Å². The van der Waals surface area contributed by atoms with Gasteiger partial charge in [-0.3, -0.25) is 15.1 Å². The van der Waals surface area contributed by atoms with Crippen LogP contribution >= 0.6 is 12.2 Å². The van der Waals surface area contributed by atoms with E-state index in [4.69, 9.17) is 12.2 Å². The zero-order valence-corrected chi connectivity index (χ0v) is 17.7. The molecule has 7 nitrogen and oxygen atoms in total. The summed E-state index contributed by atoms with van der Waals surface area (Å²) in [4.78, 5) is 17.6. The molecule has 4 aromatic rings. The monoisotopic (exact) mass is 441 g/mol. The maximum Gasteiger partial charge on any atom is 0.271 e. The highest BCUT2D eigenvalue weighted by Crippen LogP contribution is 2.42. The van der Waals surface area contributed by atoms with Crippen molar-refractivity contribution in [2.45, 2.75) is 12.1 Å². The first-order valence-corrected chi connectivity index (χ1v) is 10.5. The lowest BCUT2D eigenvalue weighted by atomic mass is 10.0. The molecule has 0 amide bonds. The molecule has 0 aliphatic carbocycles. The molecule has 0 saturated carbocycles. The van der Waals surface area contributed by atoms with Gasteiger partial charge in [0.1, 0.15) is 6.04 Å². The smallest absolute Gasteiger partial charge is 0.271 e. The zero-order chi connectivity index (χ0) is 22.1. The number of hydrogen-bond acceptors (Lipinski definition) is 4. The molecule has 1 aliphatic rings. The van der Waals surface area contributed by atoms with Crippen molar-refractivity contribution in [2.24, 2.45) is 0 Å². The van der Waals surface area contributed by atoms with Gasteiger partial charge in [0.05, 0.1) is 22.3 Å². The second-order valence-corrected chi connectivity index (χ2v) is 7.80. The third-order valence-corrected chi connectivity index (χ3v) is 5.85. The van der Waals surface area contributed by atoms with Crippen LogP contribution in [0.2, 0.25) is 0 Å². The van der Waals surface area contributed by atoms with Gasteiger partial charge in [-0.2, -0.15) is 0 Å². The number of non-ortho nitro benzene ring substituents is 1. The Morgan fingerprint density at radius 3 is 2.47 bits per heavy atom. The fraction of sp³-hybridized carbons (Fsp3) is 0.0833. The van der Waals surface area contributed by atoms with Crippen molar-refractivity contribution in [2.75, 3.05) is 4.90 Å². The number of nitrogens with one attached hydrogen (secondary N) is 1. The lowest BCUT2D eigenvalue weighted by molar-refractivity contribution is -0.384. The summed E-state index contributed by atoms with van der Waals surface area (Å²) < 4.78 is 1.97. The van der Waals surface area contributed by atoms with Crippen molar-refractivity contribution in [3.05, 3.63) is 119 Å². The highest BCUT2D eigenvalue weighted by Gasteiger charge is 2.42. The quantitative estimate of drug-likeness (QED) is 0.268. The van der Waals surface area contributed by atoms with Crippen molar-refractivity contribution in [3.63, 3.8) is 0 Å². The van der Waals surface area contributed by atoms with Crippen LogP contribution in [0.5, 0.6) is 0 Å². The van der Waals surface area contributed by atoms with E-state index in [0.717, 1.165) is 17.1 Å². The fourth-order valence-electron chi connectivity index (χ4n) is 4.15. The predicted molar refractivity (Wildman–Crippen MR) is 127 cm³/mol. The molecule has 1 N–H and O–H groups in total. The number of nitro benzene ring substituents is 1. The van der Waals surface area contributed by atoms with Gasteiger partial charge in [0, 0.05) is 35.9 Å². The highest BCUT2D eigenvalue weighted by molar-refractivity contribution is 7.80. The lowest BCUT2D eigenvalue weighted by Gasteiger charge is -2.29. The number of aromatic nitrogens is 2. The van der Waals surface area contributed by atoms with E-state index < -0.39 is 0 Å². The Bertz CT molecular complexity index is 1280. The Balaban J connectivity index is 1.66. The topological polar surface area (TPSA) is 76.2 Å². The van der Waals surface area contributed by atoms with Crippen LogP contribution in [0.3, 0.4) is 0 Å². The van der Waals surface area contributed by atoms with Gasteiger partial charge in [0.2, 0.25) is 0 Å². The molecule has 0 unspecified atom stereocenters. The van der Waals surface area contributed by atoms with E-state index in [-0.39, 0.29) is 22.7 Å². The lowest BCUT2D eigenvalue weighted by Crippen LogP contribution is -2.30. The van der Waals surface area contributed by atoms with Crippen molar-refractivity contribution in [1.29, 1.82) is 0 Å². The summed E-state index contributed by atoms with van der Waals surface area (Å²) in [6.07, 6.45) is 3.68. The summed E-state index contributed by atoms with van der Waals surface area (Å²) in [5.74, 6) is 0. The summed E-state index contributed by atoms with van der Waals surface area (Å²) >= 11 is 5.75. The van der Waals surface area contributed by atoms with Crippen LogP contribution in [0.1, 0.15) is 23.5 Å². The van der Waals surface area contributed by atoms with E-state index in [1.54, 1.807) is 18.3 Å². The third-order valence-electron chi connectivity index (χ3n) is 5.53. The number of para-hydroxylation sites is 1. The maximum atomic E-state index is 11.3. The molecule has 0 bridgehead atoms. The number of rotatable bonds is 5. The van der Waals surface area contributed by atoms with Crippen LogP contribution in [0.4, 0.5) is 11.4 Å². The molecule has 1 saturated heterocycles. The van der Waals surface area contributed by atoms with Crippen LogP contribution < -0.4 is 10.2 Å². The summed E-state index contributed by atoms with van der Waals surface area (Å²) in [6.45, 7) is 0. The minimum Gasteiger partial charge on any atom is -0.351 e. The molecule has 2 atom stereocenters. The average molecular weight is 442 g/mol. The van der Waals surface area contributed by atoms with Gasteiger partial charge in [0.15, 0.2) is 5.11 Å². The minimum atomic E-state index is -0.383. The van der Waals surface area contributed by atoms with Crippen LogP contribution in [-0.2, 0) is 0 Å². The molecule has 8 heteroatoms. The average Bonchev–Trinajstić information content (AvgIpc) is 3.44. The molecule has 158 valence electrons. The van der Waals surface area contributed by atoms with Gasteiger partial charge in [-0.15, -0.1) is 0 Å². The predicted octanol–water partition coefficient (Wildman–Crippen LogP) is 4.96. The normalized spacial score (nSPS) is 17.9. The molecular weight excluding hydrogens is 422 g/mol. The van der Waals surface area contributed by atoms with Gasteiger partial charge in [-0.25, -0.2) is 0 Å². The van der Waals surface area contributed by atoms with Gasteiger partial charge in [0.25, 0.3) is 5.69 Å². The van der Waals surface area contributed by atoms with E-state index >= 15 is 0 Å². The van der Waals surface area contributed by atoms with Crippen LogP contribution in [0.15, 0.2) is 97.3 Å². The van der Waals surface area contributed by atoms with Gasteiger partial charge in [-0.1, -0.05) is 30.3 Å². The third kappa shape index (κ3) is 3.50. The Morgan fingerprint density at radius 2 is 1.72 bits per heavy atom. The van der Waals surface area contributed by atoms with Crippen LogP contribution in [0.25, 0.3) is 5.69 Å². The Kier molecular flexibility index (Phi) is 5.12. The number of pyridine rings is 1. The molecule has 3 heterocycles. The molecule has 32 heavy (non-hydrogen) atoms. The Morgan fingerprint density at radius 1 is 0.938 bits per heavy atom. The second-order valence-electron chi connectivity index (χ2n) is 7.41.